The third-order valence-corrected chi connectivity index (χ3v) is 6.88. The van der Waals surface area contributed by atoms with Crippen molar-refractivity contribution < 1.29 is 5.11 Å². The van der Waals surface area contributed by atoms with E-state index in [0.29, 0.717) is 0 Å². The van der Waals surface area contributed by atoms with Crippen molar-refractivity contribution in [1.82, 2.24) is 4.98 Å². The SMILES string of the molecule is CC(C)(O)CC(C)(C)CC[Si](C)(C)c1ccccn1. The van der Waals surface area contributed by atoms with E-state index in [4.69, 9.17) is 0 Å². The molecule has 0 aliphatic rings. The summed E-state index contributed by atoms with van der Waals surface area (Å²) in [5.74, 6) is 0. The van der Waals surface area contributed by atoms with Crippen LogP contribution in [0.4, 0.5) is 0 Å². The van der Waals surface area contributed by atoms with E-state index < -0.39 is 13.7 Å². The highest BCUT2D eigenvalue weighted by Gasteiger charge is 2.31. The van der Waals surface area contributed by atoms with E-state index in [2.05, 4.69) is 44.1 Å². The molecule has 0 unspecified atom stereocenters. The van der Waals surface area contributed by atoms with Crippen molar-refractivity contribution >= 4 is 13.4 Å². The van der Waals surface area contributed by atoms with E-state index in [1.54, 1.807) is 0 Å². The largest absolute Gasteiger partial charge is 0.390 e. The maximum absolute atomic E-state index is 10.00. The first kappa shape index (κ1) is 16.4. The first-order valence-electron chi connectivity index (χ1n) is 7.16. The Balaban J connectivity index is 2.65. The molecule has 0 aliphatic carbocycles. The number of nitrogens with zero attached hydrogens (tertiary/aromatic N) is 1. The van der Waals surface area contributed by atoms with Gasteiger partial charge in [-0.25, -0.2) is 0 Å². The molecule has 1 aromatic heterocycles. The number of aromatic nitrogens is 1. The molecule has 108 valence electrons. The minimum Gasteiger partial charge on any atom is -0.390 e. The third-order valence-electron chi connectivity index (χ3n) is 3.70. The number of rotatable bonds is 6. The van der Waals surface area contributed by atoms with Gasteiger partial charge in [-0.05, 0) is 37.8 Å². The van der Waals surface area contributed by atoms with Gasteiger partial charge in [0.15, 0.2) is 0 Å². The maximum Gasteiger partial charge on any atom is 0.104 e. The van der Waals surface area contributed by atoms with E-state index in [0.717, 1.165) is 12.8 Å². The summed E-state index contributed by atoms with van der Waals surface area (Å²) in [6.07, 6.45) is 3.88. The molecule has 19 heavy (non-hydrogen) atoms. The van der Waals surface area contributed by atoms with Gasteiger partial charge in [0.05, 0.1) is 5.60 Å². The van der Waals surface area contributed by atoms with Gasteiger partial charge in [-0.1, -0.05) is 45.5 Å². The van der Waals surface area contributed by atoms with Crippen molar-refractivity contribution in [1.29, 1.82) is 0 Å². The maximum atomic E-state index is 10.00. The topological polar surface area (TPSA) is 33.1 Å². The van der Waals surface area contributed by atoms with Gasteiger partial charge < -0.3 is 5.11 Å². The van der Waals surface area contributed by atoms with Crippen LogP contribution in [0, 0.1) is 5.41 Å². The Morgan fingerprint density at radius 2 is 1.79 bits per heavy atom. The molecule has 1 aromatic rings. The molecule has 3 heteroatoms. The lowest BCUT2D eigenvalue weighted by molar-refractivity contribution is 0.0307. The van der Waals surface area contributed by atoms with Gasteiger partial charge in [0, 0.05) is 11.5 Å². The molecule has 1 rings (SSSR count). The van der Waals surface area contributed by atoms with Gasteiger partial charge in [-0.15, -0.1) is 0 Å². The summed E-state index contributed by atoms with van der Waals surface area (Å²) >= 11 is 0. The zero-order valence-electron chi connectivity index (χ0n) is 13.3. The molecule has 2 nitrogen and oxygen atoms in total. The Kier molecular flexibility index (Phi) is 4.96. The normalized spacial score (nSPS) is 13.6. The van der Waals surface area contributed by atoms with Gasteiger partial charge in [-0.3, -0.25) is 4.98 Å². The van der Waals surface area contributed by atoms with Crippen molar-refractivity contribution in [2.45, 2.75) is 65.3 Å². The average molecular weight is 279 g/mol. The molecule has 1 heterocycles. The number of pyridine rings is 1. The fraction of sp³-hybridized carbons (Fsp3) is 0.688. The lowest BCUT2D eigenvalue weighted by Gasteiger charge is -2.34. The summed E-state index contributed by atoms with van der Waals surface area (Å²) in [7, 11) is -1.46. The molecule has 1 N–H and O–H groups in total. The molecule has 0 spiro atoms. The second-order valence-corrected chi connectivity index (χ2v) is 12.5. The Morgan fingerprint density at radius 1 is 1.16 bits per heavy atom. The summed E-state index contributed by atoms with van der Waals surface area (Å²) in [5.41, 5.74) is -0.405. The molecule has 0 bridgehead atoms. The van der Waals surface area contributed by atoms with Gasteiger partial charge in [0.2, 0.25) is 0 Å². The molecular weight excluding hydrogens is 250 g/mol. The monoisotopic (exact) mass is 279 g/mol. The number of hydrogen-bond donors (Lipinski definition) is 1. The van der Waals surface area contributed by atoms with Gasteiger partial charge in [0.1, 0.15) is 8.07 Å². The summed E-state index contributed by atoms with van der Waals surface area (Å²) in [6.45, 7) is 13.1. The predicted molar refractivity (Wildman–Crippen MR) is 85.5 cm³/mol. The minimum absolute atomic E-state index is 0.178. The van der Waals surface area contributed by atoms with Crippen LogP contribution in [0.25, 0.3) is 0 Å². The van der Waals surface area contributed by atoms with Crippen LogP contribution in [0.2, 0.25) is 19.1 Å². The fourth-order valence-electron chi connectivity index (χ4n) is 2.80. The lowest BCUT2D eigenvalue weighted by atomic mass is 9.80. The van der Waals surface area contributed by atoms with E-state index in [1.807, 2.05) is 26.1 Å². The van der Waals surface area contributed by atoms with Crippen molar-refractivity contribution in [3.63, 3.8) is 0 Å². The zero-order valence-corrected chi connectivity index (χ0v) is 14.3. The Hall–Kier alpha value is -0.673. The molecule has 0 aliphatic heterocycles. The third kappa shape index (κ3) is 5.87. The lowest BCUT2D eigenvalue weighted by Crippen LogP contribution is -2.44. The standard InChI is InChI=1S/C16H29NOSi/c1-15(2,13-16(3,4)18)10-12-19(5,6)14-9-7-8-11-17-14/h7-9,11,18H,10,12-13H2,1-6H3. The molecule has 0 amide bonds. The summed E-state index contributed by atoms with van der Waals surface area (Å²) in [6, 6.07) is 7.44. The Labute approximate surface area is 119 Å². The van der Waals surface area contributed by atoms with Crippen LogP contribution in [0.3, 0.4) is 0 Å². The van der Waals surface area contributed by atoms with Crippen LogP contribution in [-0.2, 0) is 0 Å². The Morgan fingerprint density at radius 3 is 2.26 bits per heavy atom. The number of hydrogen-bond acceptors (Lipinski definition) is 2. The van der Waals surface area contributed by atoms with Crippen LogP contribution < -0.4 is 5.32 Å². The fourth-order valence-corrected chi connectivity index (χ4v) is 5.33. The highest BCUT2D eigenvalue weighted by Crippen LogP contribution is 2.34. The number of aliphatic hydroxyl groups is 1. The van der Waals surface area contributed by atoms with Crippen LogP contribution in [0.15, 0.2) is 24.4 Å². The first-order chi connectivity index (χ1) is 8.52. The second-order valence-electron chi connectivity index (χ2n) is 7.75. The van der Waals surface area contributed by atoms with Crippen LogP contribution in [0.5, 0.6) is 0 Å². The van der Waals surface area contributed by atoms with Crippen molar-refractivity contribution in [2.75, 3.05) is 0 Å². The molecule has 0 fully saturated rings. The molecule has 0 aromatic carbocycles. The summed E-state index contributed by atoms with van der Waals surface area (Å²) < 4.78 is 0. The van der Waals surface area contributed by atoms with E-state index in [9.17, 15) is 5.11 Å². The van der Waals surface area contributed by atoms with E-state index >= 15 is 0 Å². The zero-order chi connectivity index (χ0) is 14.7. The minimum atomic E-state index is -1.46. The van der Waals surface area contributed by atoms with E-state index in [-0.39, 0.29) is 5.41 Å². The van der Waals surface area contributed by atoms with Gasteiger partial charge >= 0.3 is 0 Å². The van der Waals surface area contributed by atoms with Crippen molar-refractivity contribution in [2.24, 2.45) is 5.41 Å². The van der Waals surface area contributed by atoms with Crippen LogP contribution in [0.1, 0.15) is 40.5 Å². The van der Waals surface area contributed by atoms with Crippen LogP contribution >= 0.6 is 0 Å². The summed E-state index contributed by atoms with van der Waals surface area (Å²) in [4.78, 5) is 4.54. The first-order valence-corrected chi connectivity index (χ1v) is 10.4. The highest BCUT2D eigenvalue weighted by atomic mass is 28.3. The van der Waals surface area contributed by atoms with Crippen LogP contribution in [-0.4, -0.2) is 23.8 Å². The predicted octanol–water partition coefficient (Wildman–Crippen LogP) is 3.57. The van der Waals surface area contributed by atoms with Crippen molar-refractivity contribution in [3.05, 3.63) is 24.4 Å². The molecule has 0 saturated heterocycles. The molecular formula is C16H29NOSi. The van der Waals surface area contributed by atoms with Gasteiger partial charge in [-0.2, -0.15) is 0 Å². The molecule has 0 saturated carbocycles. The van der Waals surface area contributed by atoms with Crippen molar-refractivity contribution in [3.8, 4) is 0 Å². The Bertz CT molecular complexity index is 393. The quantitative estimate of drug-likeness (QED) is 0.808. The van der Waals surface area contributed by atoms with E-state index in [1.165, 1.54) is 11.4 Å². The summed E-state index contributed by atoms with van der Waals surface area (Å²) in [5, 5.41) is 11.3. The highest BCUT2D eigenvalue weighted by molar-refractivity contribution is 6.89. The molecule has 0 radical (unpaired) electrons. The average Bonchev–Trinajstić information content (AvgIpc) is 2.25. The molecule has 0 atom stereocenters. The smallest absolute Gasteiger partial charge is 0.104 e. The second kappa shape index (κ2) is 5.76. The van der Waals surface area contributed by atoms with Gasteiger partial charge in [0.25, 0.3) is 0 Å².